The molecule has 1 saturated heterocycles. The number of aliphatic hydroxyl groups is 1. The highest BCUT2D eigenvalue weighted by Gasteiger charge is 2.46. The third-order valence-corrected chi connectivity index (χ3v) is 6.03. The van der Waals surface area contributed by atoms with Crippen LogP contribution in [0.25, 0.3) is 20.9 Å². The van der Waals surface area contributed by atoms with Gasteiger partial charge < -0.3 is 15.7 Å². The van der Waals surface area contributed by atoms with E-state index < -0.39 is 5.60 Å². The number of thiazole rings is 1. The Balaban J connectivity index is 1.72. The first-order valence-corrected chi connectivity index (χ1v) is 9.61. The van der Waals surface area contributed by atoms with Gasteiger partial charge in [0.1, 0.15) is 21.7 Å². The summed E-state index contributed by atoms with van der Waals surface area (Å²) in [6.07, 6.45) is 1.72. The molecule has 4 rings (SSSR count). The number of likely N-dealkylation sites (tertiary alicyclic amines) is 1. The summed E-state index contributed by atoms with van der Waals surface area (Å²) in [7, 11) is 1.68. The number of carbonyl (C=O) groups excluding carboxylic acids is 1. The fourth-order valence-electron chi connectivity index (χ4n) is 3.24. The highest BCUT2D eigenvalue weighted by molar-refractivity contribution is 7.21. The van der Waals surface area contributed by atoms with E-state index in [0.717, 1.165) is 21.0 Å². The molecule has 0 saturated carbocycles. The van der Waals surface area contributed by atoms with E-state index in [4.69, 9.17) is 5.73 Å². The molecule has 0 bridgehead atoms. The van der Waals surface area contributed by atoms with Gasteiger partial charge in [-0.1, -0.05) is 29.2 Å². The summed E-state index contributed by atoms with van der Waals surface area (Å²) in [5.74, 6) is 5.72. The van der Waals surface area contributed by atoms with Gasteiger partial charge in [0.05, 0.1) is 0 Å². The summed E-state index contributed by atoms with van der Waals surface area (Å²) in [6.45, 7) is 3.88. The minimum Gasteiger partial charge on any atom is -0.382 e. The highest BCUT2D eigenvalue weighted by Crippen LogP contribution is 2.33. The van der Waals surface area contributed by atoms with Crippen LogP contribution < -0.4 is 5.73 Å². The first-order chi connectivity index (χ1) is 13.3. The number of carbonyl (C=O) groups is 1. The standard InChI is InChI=1S/C20H19N5O2S/c1-11-4-5-13(6-7-20(27)9-12(2)25(3)19(20)26)8-14(11)17-24-15-16(21)22-10-23-18(15)28-17/h4-5,8,10,12,27H,9H2,1-3H3,(H2,21,22,23)/t12-,20+/m1/s1. The van der Waals surface area contributed by atoms with Crippen molar-refractivity contribution in [3.63, 3.8) is 0 Å². The highest BCUT2D eigenvalue weighted by atomic mass is 32.1. The maximum absolute atomic E-state index is 12.3. The lowest BCUT2D eigenvalue weighted by Crippen LogP contribution is -2.37. The van der Waals surface area contributed by atoms with Gasteiger partial charge in [-0.25, -0.2) is 15.0 Å². The molecule has 0 aliphatic carbocycles. The van der Waals surface area contributed by atoms with Crippen molar-refractivity contribution < 1.29 is 9.90 Å². The summed E-state index contributed by atoms with van der Waals surface area (Å²) < 4.78 is 0. The zero-order chi connectivity index (χ0) is 20.1. The fraction of sp³-hybridized carbons (Fsp3) is 0.300. The van der Waals surface area contributed by atoms with Crippen molar-refractivity contribution in [3.8, 4) is 22.4 Å². The van der Waals surface area contributed by atoms with Gasteiger partial charge in [-0.05, 0) is 31.5 Å². The van der Waals surface area contributed by atoms with Crippen LogP contribution in [0.5, 0.6) is 0 Å². The van der Waals surface area contributed by atoms with Crippen LogP contribution in [0, 0.1) is 18.8 Å². The molecule has 0 spiro atoms. The summed E-state index contributed by atoms with van der Waals surface area (Å²) in [5.41, 5.74) is 7.47. The van der Waals surface area contributed by atoms with Gasteiger partial charge in [-0.15, -0.1) is 0 Å². The van der Waals surface area contributed by atoms with Crippen LogP contribution in [0.3, 0.4) is 0 Å². The maximum atomic E-state index is 12.3. The molecule has 2 atom stereocenters. The number of nitrogens with zero attached hydrogens (tertiary/aromatic N) is 4. The molecule has 1 amide bonds. The monoisotopic (exact) mass is 393 g/mol. The molecule has 3 heterocycles. The molecule has 3 aromatic rings. The Bertz CT molecular complexity index is 1160. The Morgan fingerprint density at radius 2 is 2.18 bits per heavy atom. The van der Waals surface area contributed by atoms with Crippen LogP contribution in [0.4, 0.5) is 5.82 Å². The lowest BCUT2D eigenvalue weighted by molar-refractivity contribution is -0.138. The molecular formula is C20H19N5O2S. The Kier molecular flexibility index (Phi) is 4.29. The lowest BCUT2D eigenvalue weighted by atomic mass is 9.99. The molecular weight excluding hydrogens is 374 g/mol. The molecule has 1 aromatic carbocycles. The minimum absolute atomic E-state index is 0.0466. The Hall–Kier alpha value is -3.02. The van der Waals surface area contributed by atoms with Crippen LogP contribution in [0.1, 0.15) is 24.5 Å². The molecule has 0 radical (unpaired) electrons. The smallest absolute Gasteiger partial charge is 0.267 e. The quantitative estimate of drug-likeness (QED) is 0.613. The average Bonchev–Trinajstić information content (AvgIpc) is 3.18. The number of likely N-dealkylation sites (N-methyl/N-ethyl adjacent to an activating group) is 1. The van der Waals surface area contributed by atoms with Crippen molar-refractivity contribution in [2.75, 3.05) is 12.8 Å². The second-order valence-electron chi connectivity index (χ2n) is 7.04. The van der Waals surface area contributed by atoms with Gasteiger partial charge in [0, 0.05) is 30.6 Å². The molecule has 8 heteroatoms. The molecule has 1 aliphatic heterocycles. The molecule has 0 unspecified atom stereocenters. The molecule has 3 N–H and O–H groups in total. The van der Waals surface area contributed by atoms with Crippen molar-refractivity contribution in [1.82, 2.24) is 19.9 Å². The number of fused-ring (bicyclic) bond motifs is 1. The van der Waals surface area contributed by atoms with E-state index in [1.54, 1.807) is 7.05 Å². The fourth-order valence-corrected chi connectivity index (χ4v) is 4.24. The van der Waals surface area contributed by atoms with Crippen molar-refractivity contribution in [3.05, 3.63) is 35.7 Å². The summed E-state index contributed by atoms with van der Waals surface area (Å²) in [6, 6.07) is 5.66. The third kappa shape index (κ3) is 2.99. The number of hydrogen-bond donors (Lipinski definition) is 2. The lowest BCUT2D eigenvalue weighted by Gasteiger charge is -2.14. The topological polar surface area (TPSA) is 105 Å². The second kappa shape index (κ2) is 6.55. The average molecular weight is 393 g/mol. The van der Waals surface area contributed by atoms with Gasteiger partial charge in [0.15, 0.2) is 5.82 Å². The van der Waals surface area contributed by atoms with E-state index >= 15 is 0 Å². The van der Waals surface area contributed by atoms with Crippen LogP contribution in [0.15, 0.2) is 24.5 Å². The molecule has 2 aromatic heterocycles. The minimum atomic E-state index is -1.64. The molecule has 1 fully saturated rings. The van der Waals surface area contributed by atoms with Crippen molar-refractivity contribution in [1.29, 1.82) is 0 Å². The number of nitrogen functional groups attached to an aromatic ring is 1. The van der Waals surface area contributed by atoms with Crippen molar-refractivity contribution in [2.45, 2.75) is 31.9 Å². The van der Waals surface area contributed by atoms with Crippen molar-refractivity contribution in [2.24, 2.45) is 0 Å². The number of nitrogens with two attached hydrogens (primary N) is 1. The number of anilines is 1. The normalized spacial score (nSPS) is 21.8. The number of hydrogen-bond acceptors (Lipinski definition) is 7. The maximum Gasteiger partial charge on any atom is 0.267 e. The van der Waals surface area contributed by atoms with Gasteiger partial charge in [0.2, 0.25) is 5.60 Å². The zero-order valence-electron chi connectivity index (χ0n) is 15.7. The molecule has 7 nitrogen and oxygen atoms in total. The Labute approximate surface area is 166 Å². The number of aryl methyl sites for hydroxylation is 1. The van der Waals surface area contributed by atoms with Gasteiger partial charge in [0.25, 0.3) is 5.91 Å². The molecule has 1 aliphatic rings. The molecule has 142 valence electrons. The Morgan fingerprint density at radius 1 is 1.39 bits per heavy atom. The first-order valence-electron chi connectivity index (χ1n) is 8.79. The van der Waals surface area contributed by atoms with E-state index in [9.17, 15) is 9.90 Å². The first kappa shape index (κ1) is 18.3. The number of benzene rings is 1. The number of rotatable bonds is 1. The van der Waals surface area contributed by atoms with E-state index in [2.05, 4.69) is 26.8 Å². The summed E-state index contributed by atoms with van der Waals surface area (Å²) in [4.78, 5) is 27.3. The van der Waals surface area contributed by atoms with Gasteiger partial charge in [-0.3, -0.25) is 4.79 Å². The predicted molar refractivity (Wildman–Crippen MR) is 108 cm³/mol. The van der Waals surface area contributed by atoms with Gasteiger partial charge >= 0.3 is 0 Å². The predicted octanol–water partition coefficient (Wildman–Crippen LogP) is 1.98. The van der Waals surface area contributed by atoms with E-state index in [-0.39, 0.29) is 11.9 Å². The summed E-state index contributed by atoms with van der Waals surface area (Å²) in [5, 5.41) is 11.4. The van der Waals surface area contributed by atoms with Crippen LogP contribution >= 0.6 is 11.3 Å². The molecule has 28 heavy (non-hydrogen) atoms. The largest absolute Gasteiger partial charge is 0.382 e. The SMILES string of the molecule is Cc1ccc(C#C[C@]2(O)C[C@@H](C)N(C)C2=O)cc1-c1nc2c(N)ncnc2s1. The van der Waals surface area contributed by atoms with E-state index in [1.165, 1.54) is 22.6 Å². The van der Waals surface area contributed by atoms with Crippen molar-refractivity contribution >= 4 is 33.4 Å². The number of aromatic nitrogens is 3. The van der Waals surface area contributed by atoms with Crippen LogP contribution in [0.2, 0.25) is 0 Å². The zero-order valence-corrected chi connectivity index (χ0v) is 16.5. The van der Waals surface area contributed by atoms with E-state index in [0.29, 0.717) is 23.3 Å². The van der Waals surface area contributed by atoms with Crippen LogP contribution in [-0.4, -0.2) is 49.6 Å². The summed E-state index contributed by atoms with van der Waals surface area (Å²) >= 11 is 1.43. The van der Waals surface area contributed by atoms with Gasteiger partial charge in [-0.2, -0.15) is 0 Å². The van der Waals surface area contributed by atoms with E-state index in [1.807, 2.05) is 32.0 Å². The third-order valence-electron chi connectivity index (χ3n) is 5.03. The second-order valence-corrected chi connectivity index (χ2v) is 8.02. The van der Waals surface area contributed by atoms with Crippen LogP contribution in [-0.2, 0) is 4.79 Å². The Morgan fingerprint density at radius 3 is 2.86 bits per heavy atom. The number of amides is 1.